The molecule has 0 saturated heterocycles. The standard InChI is InChI=1S/C20H24ClNO3/c1-14(2)15-7-5-8-16(13-15)19-17(21)9-6-10-18(19)22(20(24)25)11-3-4-12-23/h5-10,13-14,23H,3-4,11-12H2,1-2H3,(H,24,25). The van der Waals surface area contributed by atoms with Gasteiger partial charge < -0.3 is 10.2 Å². The maximum Gasteiger partial charge on any atom is 0.411 e. The van der Waals surface area contributed by atoms with Gasteiger partial charge in [0.25, 0.3) is 0 Å². The van der Waals surface area contributed by atoms with Crippen molar-refractivity contribution in [3.8, 4) is 11.1 Å². The molecular formula is C20H24ClNO3. The summed E-state index contributed by atoms with van der Waals surface area (Å²) in [5.74, 6) is 0.367. The first kappa shape index (κ1) is 19.3. The smallest absolute Gasteiger partial charge is 0.411 e. The molecule has 0 aliphatic heterocycles. The molecule has 0 saturated carbocycles. The predicted molar refractivity (Wildman–Crippen MR) is 103 cm³/mol. The van der Waals surface area contributed by atoms with Crippen LogP contribution in [0.15, 0.2) is 42.5 Å². The first-order valence-electron chi connectivity index (χ1n) is 8.46. The molecule has 25 heavy (non-hydrogen) atoms. The van der Waals surface area contributed by atoms with E-state index in [9.17, 15) is 9.90 Å². The first-order valence-corrected chi connectivity index (χ1v) is 8.83. The normalized spacial score (nSPS) is 10.9. The minimum atomic E-state index is -1.03. The Morgan fingerprint density at radius 2 is 1.88 bits per heavy atom. The van der Waals surface area contributed by atoms with E-state index in [1.165, 1.54) is 10.5 Å². The van der Waals surface area contributed by atoms with E-state index in [1.54, 1.807) is 18.2 Å². The molecule has 0 unspecified atom stereocenters. The SMILES string of the molecule is CC(C)c1cccc(-c2c(Cl)cccc2N(CCCCO)C(=O)O)c1. The van der Waals surface area contributed by atoms with Gasteiger partial charge in [0.15, 0.2) is 0 Å². The lowest BCUT2D eigenvalue weighted by Crippen LogP contribution is -2.30. The number of halogens is 1. The number of aliphatic hydroxyl groups excluding tert-OH is 1. The second-order valence-corrected chi connectivity index (χ2v) is 6.69. The molecule has 0 bridgehead atoms. The maximum absolute atomic E-state index is 11.8. The van der Waals surface area contributed by atoms with E-state index < -0.39 is 6.09 Å². The summed E-state index contributed by atoms with van der Waals surface area (Å²) >= 11 is 6.45. The van der Waals surface area contributed by atoms with Crippen molar-refractivity contribution in [1.82, 2.24) is 0 Å². The molecule has 0 aromatic heterocycles. The molecule has 1 amide bonds. The maximum atomic E-state index is 11.8. The van der Waals surface area contributed by atoms with Crippen LogP contribution in [0.2, 0.25) is 5.02 Å². The van der Waals surface area contributed by atoms with Crippen molar-refractivity contribution in [1.29, 1.82) is 0 Å². The van der Waals surface area contributed by atoms with Gasteiger partial charge >= 0.3 is 6.09 Å². The van der Waals surface area contributed by atoms with Crippen LogP contribution >= 0.6 is 11.6 Å². The topological polar surface area (TPSA) is 60.8 Å². The summed E-state index contributed by atoms with van der Waals surface area (Å²) in [7, 11) is 0. The molecule has 2 aromatic carbocycles. The Kier molecular flexibility index (Phi) is 6.85. The Bertz CT molecular complexity index is 731. The number of amides is 1. The number of hydrogen-bond donors (Lipinski definition) is 2. The number of unbranched alkanes of at least 4 members (excludes halogenated alkanes) is 1. The monoisotopic (exact) mass is 361 g/mol. The zero-order valence-corrected chi connectivity index (χ0v) is 15.3. The van der Waals surface area contributed by atoms with Crippen LogP contribution in [0.25, 0.3) is 11.1 Å². The highest BCUT2D eigenvalue weighted by Crippen LogP contribution is 2.38. The van der Waals surface area contributed by atoms with Gasteiger partial charge in [0.1, 0.15) is 0 Å². The summed E-state index contributed by atoms with van der Waals surface area (Å²) in [5.41, 5.74) is 3.36. The van der Waals surface area contributed by atoms with Crippen LogP contribution in [-0.4, -0.2) is 29.5 Å². The van der Waals surface area contributed by atoms with Crippen molar-refractivity contribution in [2.45, 2.75) is 32.6 Å². The molecule has 0 aliphatic carbocycles. The van der Waals surface area contributed by atoms with Crippen LogP contribution in [0.4, 0.5) is 10.5 Å². The lowest BCUT2D eigenvalue weighted by Gasteiger charge is -2.23. The highest BCUT2D eigenvalue weighted by atomic mass is 35.5. The summed E-state index contributed by atoms with van der Waals surface area (Å²) in [5, 5.41) is 19.1. The van der Waals surface area contributed by atoms with Crippen LogP contribution in [-0.2, 0) is 0 Å². The fourth-order valence-corrected chi connectivity index (χ4v) is 3.06. The van der Waals surface area contributed by atoms with E-state index in [1.807, 2.05) is 12.1 Å². The third kappa shape index (κ3) is 4.74. The Morgan fingerprint density at radius 3 is 2.52 bits per heavy atom. The van der Waals surface area contributed by atoms with Crippen LogP contribution in [0.1, 0.15) is 38.2 Å². The van der Waals surface area contributed by atoms with Crippen molar-refractivity contribution in [2.75, 3.05) is 18.1 Å². The van der Waals surface area contributed by atoms with E-state index in [2.05, 4.69) is 26.0 Å². The van der Waals surface area contributed by atoms with Gasteiger partial charge in [0.2, 0.25) is 0 Å². The number of benzene rings is 2. The Balaban J connectivity index is 2.51. The van der Waals surface area contributed by atoms with Crippen LogP contribution in [0, 0.1) is 0 Å². The van der Waals surface area contributed by atoms with Crippen LogP contribution in [0.3, 0.4) is 0 Å². The molecule has 2 rings (SSSR count). The summed E-state index contributed by atoms with van der Waals surface area (Å²) in [6.07, 6.45) is 0.116. The highest BCUT2D eigenvalue weighted by Gasteiger charge is 2.20. The first-order chi connectivity index (χ1) is 12.0. The second-order valence-electron chi connectivity index (χ2n) is 6.28. The van der Waals surface area contributed by atoms with E-state index in [-0.39, 0.29) is 6.61 Å². The van der Waals surface area contributed by atoms with E-state index in [0.29, 0.717) is 36.0 Å². The van der Waals surface area contributed by atoms with Crippen LogP contribution in [0.5, 0.6) is 0 Å². The molecule has 0 heterocycles. The van der Waals surface area contributed by atoms with Gasteiger partial charge in [-0.1, -0.05) is 55.8 Å². The summed E-state index contributed by atoms with van der Waals surface area (Å²) < 4.78 is 0. The molecule has 0 radical (unpaired) electrons. The lowest BCUT2D eigenvalue weighted by molar-refractivity contribution is 0.201. The summed E-state index contributed by atoms with van der Waals surface area (Å²) in [6, 6.07) is 13.3. The number of hydrogen-bond acceptors (Lipinski definition) is 2. The number of rotatable bonds is 7. The van der Waals surface area contributed by atoms with Crippen molar-refractivity contribution in [3.05, 3.63) is 53.1 Å². The number of anilines is 1. The minimum absolute atomic E-state index is 0.0479. The van der Waals surface area contributed by atoms with Crippen molar-refractivity contribution in [3.63, 3.8) is 0 Å². The quantitative estimate of drug-likeness (QED) is 0.650. The Morgan fingerprint density at radius 1 is 1.16 bits per heavy atom. The number of nitrogens with zero attached hydrogens (tertiary/aromatic N) is 1. The lowest BCUT2D eigenvalue weighted by atomic mass is 9.96. The molecule has 0 fully saturated rings. The Labute approximate surface area is 153 Å². The Hall–Kier alpha value is -2.04. The molecule has 2 N–H and O–H groups in total. The third-order valence-corrected chi connectivity index (χ3v) is 4.46. The van der Waals surface area contributed by atoms with Gasteiger partial charge in [-0.25, -0.2) is 4.79 Å². The molecule has 5 heteroatoms. The molecule has 134 valence electrons. The van der Waals surface area contributed by atoms with Gasteiger partial charge in [-0.05, 0) is 42.0 Å². The van der Waals surface area contributed by atoms with E-state index in [4.69, 9.17) is 16.7 Å². The fraction of sp³-hybridized carbons (Fsp3) is 0.350. The fourth-order valence-electron chi connectivity index (χ4n) is 2.78. The van der Waals surface area contributed by atoms with Crippen molar-refractivity contribution < 1.29 is 15.0 Å². The average Bonchev–Trinajstić information content (AvgIpc) is 2.58. The van der Waals surface area contributed by atoms with E-state index in [0.717, 1.165) is 11.1 Å². The molecule has 4 nitrogen and oxygen atoms in total. The van der Waals surface area contributed by atoms with Gasteiger partial charge in [-0.15, -0.1) is 0 Å². The predicted octanol–water partition coefficient (Wildman–Crippen LogP) is 5.39. The molecule has 2 aromatic rings. The van der Waals surface area contributed by atoms with Gasteiger partial charge in [-0.2, -0.15) is 0 Å². The van der Waals surface area contributed by atoms with E-state index >= 15 is 0 Å². The van der Waals surface area contributed by atoms with Crippen molar-refractivity contribution in [2.24, 2.45) is 0 Å². The largest absolute Gasteiger partial charge is 0.465 e. The molecule has 0 aliphatic rings. The molecular weight excluding hydrogens is 338 g/mol. The van der Waals surface area contributed by atoms with Gasteiger partial charge in [0.05, 0.1) is 10.7 Å². The summed E-state index contributed by atoms with van der Waals surface area (Å²) in [4.78, 5) is 13.1. The van der Waals surface area contributed by atoms with Crippen molar-refractivity contribution >= 4 is 23.4 Å². The van der Waals surface area contributed by atoms with Crippen LogP contribution < -0.4 is 4.90 Å². The second kappa shape index (κ2) is 8.88. The number of aliphatic hydroxyl groups is 1. The number of carboxylic acid groups (broad SMARTS) is 1. The molecule has 0 atom stereocenters. The number of carbonyl (C=O) groups is 1. The summed E-state index contributed by atoms with van der Waals surface area (Å²) in [6.45, 7) is 4.59. The highest BCUT2D eigenvalue weighted by molar-refractivity contribution is 6.34. The van der Waals surface area contributed by atoms with Gasteiger partial charge in [0, 0.05) is 18.7 Å². The zero-order chi connectivity index (χ0) is 18.4. The molecule has 0 spiro atoms. The zero-order valence-electron chi connectivity index (χ0n) is 14.6. The average molecular weight is 362 g/mol. The minimum Gasteiger partial charge on any atom is -0.465 e. The third-order valence-electron chi connectivity index (χ3n) is 4.15. The van der Waals surface area contributed by atoms with Gasteiger partial charge in [-0.3, -0.25) is 4.90 Å².